The van der Waals surface area contributed by atoms with Crippen molar-refractivity contribution in [2.75, 3.05) is 13.2 Å². The van der Waals surface area contributed by atoms with Gasteiger partial charge in [-0.1, -0.05) is 12.1 Å². The van der Waals surface area contributed by atoms with Gasteiger partial charge in [0.15, 0.2) is 11.5 Å². The number of nitrogens with zero attached hydrogens (tertiary/aromatic N) is 2. The Hall–Kier alpha value is -2.24. The summed E-state index contributed by atoms with van der Waals surface area (Å²) in [6.07, 6.45) is 2.04. The van der Waals surface area contributed by atoms with Crippen LogP contribution in [-0.4, -0.2) is 22.6 Å². The van der Waals surface area contributed by atoms with E-state index >= 15 is 0 Å². The van der Waals surface area contributed by atoms with E-state index in [1.165, 1.54) is 5.56 Å². The maximum atomic E-state index is 5.62. The molecule has 1 aliphatic heterocycles. The van der Waals surface area contributed by atoms with Crippen LogP contribution in [0.25, 0.3) is 5.52 Å². The number of pyridine rings is 1. The third kappa shape index (κ3) is 3.18. The SMILES string of the molecule is Cc1nc(CNCc2ccc3c(c2)OCCO3)c2ccccn12.Cl. The summed E-state index contributed by atoms with van der Waals surface area (Å²) in [4.78, 5) is 4.65. The fourth-order valence-electron chi connectivity index (χ4n) is 2.92. The van der Waals surface area contributed by atoms with Crippen LogP contribution in [-0.2, 0) is 13.1 Å². The van der Waals surface area contributed by atoms with Crippen LogP contribution in [0.3, 0.4) is 0 Å². The molecule has 1 aliphatic rings. The number of fused-ring (bicyclic) bond motifs is 2. The molecule has 126 valence electrons. The Morgan fingerprint density at radius 1 is 1.08 bits per heavy atom. The van der Waals surface area contributed by atoms with Crippen molar-refractivity contribution in [1.82, 2.24) is 14.7 Å². The Labute approximate surface area is 147 Å². The van der Waals surface area contributed by atoms with E-state index in [1.807, 2.05) is 37.4 Å². The van der Waals surface area contributed by atoms with Crippen molar-refractivity contribution in [3.8, 4) is 11.5 Å². The van der Waals surface area contributed by atoms with Crippen LogP contribution >= 0.6 is 12.4 Å². The first-order valence-electron chi connectivity index (χ1n) is 7.83. The number of hydrogen-bond donors (Lipinski definition) is 1. The van der Waals surface area contributed by atoms with E-state index in [9.17, 15) is 0 Å². The predicted molar refractivity (Wildman–Crippen MR) is 95.2 cm³/mol. The first kappa shape index (κ1) is 16.6. The maximum Gasteiger partial charge on any atom is 0.161 e. The van der Waals surface area contributed by atoms with Crippen LogP contribution < -0.4 is 14.8 Å². The number of benzene rings is 1. The van der Waals surface area contributed by atoms with Gasteiger partial charge in [-0.05, 0) is 36.8 Å². The van der Waals surface area contributed by atoms with Crippen molar-refractivity contribution in [1.29, 1.82) is 0 Å². The highest BCUT2D eigenvalue weighted by Gasteiger charge is 2.12. The minimum Gasteiger partial charge on any atom is -0.486 e. The summed E-state index contributed by atoms with van der Waals surface area (Å²) in [6, 6.07) is 12.2. The lowest BCUT2D eigenvalue weighted by Gasteiger charge is -2.18. The summed E-state index contributed by atoms with van der Waals surface area (Å²) < 4.78 is 13.3. The van der Waals surface area contributed by atoms with Crippen LogP contribution in [0.1, 0.15) is 17.1 Å². The fourth-order valence-corrected chi connectivity index (χ4v) is 2.92. The summed E-state index contributed by atoms with van der Waals surface area (Å²) in [5, 5.41) is 3.46. The number of aryl methyl sites for hydroxylation is 1. The lowest BCUT2D eigenvalue weighted by atomic mass is 10.2. The molecule has 4 rings (SSSR count). The second-order valence-electron chi connectivity index (χ2n) is 5.64. The predicted octanol–water partition coefficient (Wildman–Crippen LogP) is 3.13. The van der Waals surface area contributed by atoms with E-state index in [2.05, 4.69) is 26.8 Å². The van der Waals surface area contributed by atoms with Gasteiger partial charge in [-0.3, -0.25) is 0 Å². The van der Waals surface area contributed by atoms with E-state index in [0.29, 0.717) is 13.2 Å². The lowest BCUT2D eigenvalue weighted by molar-refractivity contribution is 0.171. The minimum absolute atomic E-state index is 0. The van der Waals surface area contributed by atoms with Crippen molar-refractivity contribution >= 4 is 17.9 Å². The van der Waals surface area contributed by atoms with Gasteiger partial charge in [0.25, 0.3) is 0 Å². The second-order valence-corrected chi connectivity index (χ2v) is 5.64. The number of hydrogen-bond acceptors (Lipinski definition) is 4. The lowest BCUT2D eigenvalue weighted by Crippen LogP contribution is -2.17. The normalized spacial score (nSPS) is 12.9. The number of rotatable bonds is 4. The van der Waals surface area contributed by atoms with Crippen LogP contribution in [0, 0.1) is 6.92 Å². The third-order valence-electron chi connectivity index (χ3n) is 4.03. The summed E-state index contributed by atoms with van der Waals surface area (Å²) in [5.41, 5.74) is 3.40. The van der Waals surface area contributed by atoms with Crippen molar-refractivity contribution in [2.24, 2.45) is 0 Å². The Balaban J connectivity index is 0.00000169. The molecule has 0 aliphatic carbocycles. The Kier molecular flexibility index (Phi) is 4.92. The molecular formula is C18H20ClN3O2. The molecule has 0 atom stereocenters. The minimum atomic E-state index is 0. The zero-order chi connectivity index (χ0) is 15.6. The summed E-state index contributed by atoms with van der Waals surface area (Å²) in [5.74, 6) is 2.67. The van der Waals surface area contributed by atoms with Gasteiger partial charge >= 0.3 is 0 Å². The third-order valence-corrected chi connectivity index (χ3v) is 4.03. The highest BCUT2D eigenvalue weighted by Crippen LogP contribution is 2.30. The van der Waals surface area contributed by atoms with Gasteiger partial charge in [0.05, 0.1) is 11.2 Å². The van der Waals surface area contributed by atoms with E-state index in [1.54, 1.807) is 0 Å². The summed E-state index contributed by atoms with van der Waals surface area (Å²) in [6.45, 7) is 4.76. The molecule has 0 amide bonds. The molecule has 2 aromatic heterocycles. The number of imidazole rings is 1. The quantitative estimate of drug-likeness (QED) is 0.789. The van der Waals surface area contributed by atoms with Crippen LogP contribution in [0.4, 0.5) is 0 Å². The van der Waals surface area contributed by atoms with E-state index < -0.39 is 0 Å². The first-order chi connectivity index (χ1) is 11.3. The molecule has 0 bridgehead atoms. The molecule has 1 N–H and O–H groups in total. The van der Waals surface area contributed by atoms with Crippen LogP contribution in [0.5, 0.6) is 11.5 Å². The molecule has 1 aromatic carbocycles. The van der Waals surface area contributed by atoms with Gasteiger partial charge in [0.1, 0.15) is 19.0 Å². The molecular weight excluding hydrogens is 326 g/mol. The standard InChI is InChI=1S/C18H19N3O2.ClH/c1-13-20-15(16-4-2-3-7-21(13)16)12-19-11-14-5-6-17-18(10-14)23-9-8-22-17;/h2-7,10,19H,8-9,11-12H2,1H3;1H. The number of nitrogens with one attached hydrogen (secondary N) is 1. The van der Waals surface area contributed by atoms with Gasteiger partial charge in [-0.15, -0.1) is 12.4 Å². The van der Waals surface area contributed by atoms with Crippen LogP contribution in [0.15, 0.2) is 42.6 Å². The molecule has 0 radical (unpaired) electrons. The number of aromatic nitrogens is 2. The molecule has 0 unspecified atom stereocenters. The second kappa shape index (κ2) is 7.11. The van der Waals surface area contributed by atoms with Crippen molar-refractivity contribution < 1.29 is 9.47 Å². The average Bonchev–Trinajstić information content (AvgIpc) is 2.91. The van der Waals surface area contributed by atoms with Crippen LogP contribution in [0.2, 0.25) is 0 Å². The molecule has 6 heteroatoms. The molecule has 3 heterocycles. The Morgan fingerprint density at radius 3 is 2.79 bits per heavy atom. The highest BCUT2D eigenvalue weighted by atomic mass is 35.5. The maximum absolute atomic E-state index is 5.62. The average molecular weight is 346 g/mol. The summed E-state index contributed by atoms with van der Waals surface area (Å²) >= 11 is 0. The largest absolute Gasteiger partial charge is 0.486 e. The highest BCUT2D eigenvalue weighted by molar-refractivity contribution is 5.85. The Bertz CT molecular complexity index is 847. The molecule has 0 saturated heterocycles. The zero-order valence-electron chi connectivity index (χ0n) is 13.5. The molecule has 0 fully saturated rings. The van der Waals surface area contributed by atoms with Crippen molar-refractivity contribution in [2.45, 2.75) is 20.0 Å². The zero-order valence-corrected chi connectivity index (χ0v) is 14.3. The van der Waals surface area contributed by atoms with Gasteiger partial charge in [0, 0.05) is 19.3 Å². The van der Waals surface area contributed by atoms with Gasteiger partial charge in [-0.25, -0.2) is 4.98 Å². The molecule has 0 saturated carbocycles. The Morgan fingerprint density at radius 2 is 1.92 bits per heavy atom. The van der Waals surface area contributed by atoms with E-state index in [4.69, 9.17) is 9.47 Å². The molecule has 3 aromatic rings. The summed E-state index contributed by atoms with van der Waals surface area (Å²) in [7, 11) is 0. The number of ether oxygens (including phenoxy) is 2. The van der Waals surface area contributed by atoms with Gasteiger partial charge in [-0.2, -0.15) is 0 Å². The van der Waals surface area contributed by atoms with E-state index in [0.717, 1.165) is 41.6 Å². The van der Waals surface area contributed by atoms with E-state index in [-0.39, 0.29) is 12.4 Å². The first-order valence-corrected chi connectivity index (χ1v) is 7.83. The molecule has 5 nitrogen and oxygen atoms in total. The number of halogens is 1. The smallest absolute Gasteiger partial charge is 0.161 e. The van der Waals surface area contributed by atoms with Crippen molar-refractivity contribution in [3.05, 3.63) is 59.7 Å². The van der Waals surface area contributed by atoms with Gasteiger partial charge < -0.3 is 19.2 Å². The molecule has 0 spiro atoms. The van der Waals surface area contributed by atoms with Gasteiger partial charge in [0.2, 0.25) is 0 Å². The topological polar surface area (TPSA) is 47.8 Å². The van der Waals surface area contributed by atoms with Crippen molar-refractivity contribution in [3.63, 3.8) is 0 Å². The fraction of sp³-hybridized carbons (Fsp3) is 0.278. The molecule has 24 heavy (non-hydrogen) atoms. The monoisotopic (exact) mass is 345 g/mol.